The van der Waals surface area contributed by atoms with E-state index in [9.17, 15) is 5.11 Å². The van der Waals surface area contributed by atoms with Gasteiger partial charge in [0.25, 0.3) is 0 Å². The first kappa shape index (κ1) is 20.4. The summed E-state index contributed by atoms with van der Waals surface area (Å²) in [6.07, 6.45) is 5.56. The Kier molecular flexibility index (Phi) is 6.40. The molecular weight excluding hydrogens is 350 g/mol. The maximum absolute atomic E-state index is 9.93. The van der Waals surface area contributed by atoms with E-state index in [0.717, 1.165) is 43.6 Å². The van der Waals surface area contributed by atoms with Gasteiger partial charge in [0, 0.05) is 35.9 Å². The van der Waals surface area contributed by atoms with Crippen molar-refractivity contribution < 1.29 is 14.6 Å². The van der Waals surface area contributed by atoms with E-state index in [-0.39, 0.29) is 16.8 Å². The molecule has 2 aromatic carbocycles. The van der Waals surface area contributed by atoms with Crippen molar-refractivity contribution in [2.75, 3.05) is 20.3 Å². The Hall–Kier alpha value is -2.33. The van der Waals surface area contributed by atoms with Crippen molar-refractivity contribution in [1.82, 2.24) is 0 Å². The van der Waals surface area contributed by atoms with E-state index in [1.807, 2.05) is 30.3 Å². The molecule has 0 spiro atoms. The quantitative estimate of drug-likeness (QED) is 0.677. The summed E-state index contributed by atoms with van der Waals surface area (Å²) in [5.74, 6) is 1.20. The number of rotatable bonds is 7. The predicted molar refractivity (Wildman–Crippen MR) is 114 cm³/mol. The highest BCUT2D eigenvalue weighted by Crippen LogP contribution is 2.48. The van der Waals surface area contributed by atoms with Gasteiger partial charge in [-0.15, -0.1) is 0 Å². The minimum atomic E-state index is -0.138. The largest absolute Gasteiger partial charge is 0.507 e. The maximum atomic E-state index is 9.93. The van der Waals surface area contributed by atoms with Crippen molar-refractivity contribution in [2.45, 2.75) is 50.5 Å². The second kappa shape index (κ2) is 8.78. The molecule has 150 valence electrons. The zero-order chi connectivity index (χ0) is 20.0. The van der Waals surface area contributed by atoms with Crippen LogP contribution in [0, 0.1) is 0 Å². The lowest BCUT2D eigenvalue weighted by molar-refractivity contribution is -0.0979. The number of aliphatic imine (C=N–C) groups is 1. The molecule has 1 heterocycles. The van der Waals surface area contributed by atoms with Crippen LogP contribution in [-0.4, -0.2) is 37.2 Å². The molecule has 0 bridgehead atoms. The summed E-state index contributed by atoms with van der Waals surface area (Å²) in [7, 11) is 1.74. The van der Waals surface area contributed by atoms with E-state index < -0.39 is 0 Å². The predicted octanol–water partition coefficient (Wildman–Crippen LogP) is 5.13. The standard InChI is InChI=1S/C24H31NO3/c1-4-23(2)18-24(14-16-28-23,20-10-6-8-12-22(20)27-3)13-15-25-17-19-9-5-7-11-21(19)26/h5-12,17,26H,4,13-16,18H2,1-3H3. The number of aromatic hydroxyl groups is 1. The van der Waals surface area contributed by atoms with Crippen LogP contribution < -0.4 is 4.74 Å². The molecule has 0 saturated carbocycles. The normalized spacial score (nSPS) is 25.1. The van der Waals surface area contributed by atoms with Crippen LogP contribution in [0.15, 0.2) is 53.5 Å². The summed E-state index contributed by atoms with van der Waals surface area (Å²) in [5.41, 5.74) is 1.82. The number of nitrogens with zero attached hydrogens (tertiary/aromatic N) is 1. The molecule has 28 heavy (non-hydrogen) atoms. The summed E-state index contributed by atoms with van der Waals surface area (Å²) in [4.78, 5) is 4.63. The van der Waals surface area contributed by atoms with Gasteiger partial charge < -0.3 is 14.6 Å². The van der Waals surface area contributed by atoms with Gasteiger partial charge in [-0.3, -0.25) is 4.99 Å². The number of phenols is 1. The highest BCUT2D eigenvalue weighted by atomic mass is 16.5. The Labute approximate surface area is 168 Å². The lowest BCUT2D eigenvalue weighted by Crippen LogP contribution is -2.46. The molecule has 4 heteroatoms. The monoisotopic (exact) mass is 381 g/mol. The molecule has 1 aliphatic heterocycles. The highest BCUT2D eigenvalue weighted by Gasteiger charge is 2.44. The fourth-order valence-corrected chi connectivity index (χ4v) is 4.27. The first-order chi connectivity index (χ1) is 13.5. The Balaban J connectivity index is 1.86. The molecule has 2 atom stereocenters. The third-order valence-corrected chi connectivity index (χ3v) is 6.06. The number of hydrogen-bond donors (Lipinski definition) is 1. The van der Waals surface area contributed by atoms with Gasteiger partial charge in [-0.2, -0.15) is 0 Å². The molecule has 1 aliphatic rings. The smallest absolute Gasteiger partial charge is 0.124 e. The zero-order valence-electron chi connectivity index (χ0n) is 17.1. The second-order valence-electron chi connectivity index (χ2n) is 7.90. The van der Waals surface area contributed by atoms with Gasteiger partial charge in [0.1, 0.15) is 11.5 Å². The van der Waals surface area contributed by atoms with Crippen molar-refractivity contribution in [2.24, 2.45) is 4.99 Å². The zero-order valence-corrected chi connectivity index (χ0v) is 17.1. The van der Waals surface area contributed by atoms with Crippen LogP contribution in [0.4, 0.5) is 0 Å². The SMILES string of the molecule is CCC1(C)CC(CCN=Cc2ccccc2O)(c2ccccc2OC)CCO1. The lowest BCUT2D eigenvalue weighted by atomic mass is 9.66. The summed E-state index contributed by atoms with van der Waals surface area (Å²) in [6.45, 7) is 5.83. The summed E-state index contributed by atoms with van der Waals surface area (Å²) >= 11 is 0. The van der Waals surface area contributed by atoms with Gasteiger partial charge in [-0.05, 0) is 50.8 Å². The minimum absolute atomic E-state index is 0.0360. The van der Waals surface area contributed by atoms with E-state index in [2.05, 4.69) is 31.0 Å². The number of hydrogen-bond acceptors (Lipinski definition) is 4. The van der Waals surface area contributed by atoms with Gasteiger partial charge in [0.05, 0.1) is 12.7 Å². The Bertz CT molecular complexity index is 819. The Morgan fingerprint density at radius 3 is 2.68 bits per heavy atom. The maximum Gasteiger partial charge on any atom is 0.124 e. The van der Waals surface area contributed by atoms with Crippen LogP contribution in [0.2, 0.25) is 0 Å². The van der Waals surface area contributed by atoms with E-state index in [1.165, 1.54) is 5.56 Å². The summed E-state index contributed by atoms with van der Waals surface area (Å²) in [5, 5.41) is 9.93. The fourth-order valence-electron chi connectivity index (χ4n) is 4.27. The highest BCUT2D eigenvalue weighted by molar-refractivity contribution is 5.83. The van der Waals surface area contributed by atoms with E-state index in [1.54, 1.807) is 19.4 Å². The van der Waals surface area contributed by atoms with Crippen LogP contribution in [0.1, 0.15) is 50.7 Å². The number of phenolic OH excluding ortho intramolecular Hbond substituents is 1. The minimum Gasteiger partial charge on any atom is -0.507 e. The Morgan fingerprint density at radius 2 is 1.93 bits per heavy atom. The molecule has 1 fully saturated rings. The van der Waals surface area contributed by atoms with E-state index in [0.29, 0.717) is 6.54 Å². The fraction of sp³-hybridized carbons (Fsp3) is 0.458. The molecule has 0 radical (unpaired) electrons. The third kappa shape index (κ3) is 4.39. The summed E-state index contributed by atoms with van der Waals surface area (Å²) in [6, 6.07) is 15.6. The van der Waals surface area contributed by atoms with Crippen molar-refractivity contribution in [3.63, 3.8) is 0 Å². The average molecular weight is 382 g/mol. The number of methoxy groups -OCH3 is 1. The van der Waals surface area contributed by atoms with Crippen molar-refractivity contribution in [3.8, 4) is 11.5 Å². The topological polar surface area (TPSA) is 51.1 Å². The molecule has 2 aromatic rings. The van der Waals surface area contributed by atoms with Crippen LogP contribution in [-0.2, 0) is 10.2 Å². The van der Waals surface area contributed by atoms with Crippen LogP contribution in [0.3, 0.4) is 0 Å². The van der Waals surface area contributed by atoms with Gasteiger partial charge in [-0.25, -0.2) is 0 Å². The van der Waals surface area contributed by atoms with Gasteiger partial charge in [-0.1, -0.05) is 37.3 Å². The molecule has 0 aliphatic carbocycles. The molecule has 1 saturated heterocycles. The summed E-state index contributed by atoms with van der Waals surface area (Å²) < 4.78 is 11.8. The number of para-hydroxylation sites is 2. The number of ether oxygens (including phenoxy) is 2. The molecule has 1 N–H and O–H groups in total. The molecule has 3 rings (SSSR count). The van der Waals surface area contributed by atoms with Crippen molar-refractivity contribution in [1.29, 1.82) is 0 Å². The van der Waals surface area contributed by atoms with E-state index in [4.69, 9.17) is 9.47 Å². The molecule has 2 unspecified atom stereocenters. The molecule has 0 amide bonds. The van der Waals surface area contributed by atoms with Crippen LogP contribution >= 0.6 is 0 Å². The van der Waals surface area contributed by atoms with E-state index >= 15 is 0 Å². The molecule has 4 nitrogen and oxygen atoms in total. The van der Waals surface area contributed by atoms with Gasteiger partial charge in [0.15, 0.2) is 0 Å². The Morgan fingerprint density at radius 1 is 1.18 bits per heavy atom. The van der Waals surface area contributed by atoms with Crippen LogP contribution in [0.5, 0.6) is 11.5 Å². The number of benzene rings is 2. The third-order valence-electron chi connectivity index (χ3n) is 6.06. The van der Waals surface area contributed by atoms with Gasteiger partial charge >= 0.3 is 0 Å². The van der Waals surface area contributed by atoms with Gasteiger partial charge in [0.2, 0.25) is 0 Å². The molecular formula is C24H31NO3. The van der Waals surface area contributed by atoms with Crippen molar-refractivity contribution >= 4 is 6.21 Å². The first-order valence-corrected chi connectivity index (χ1v) is 10.1. The van der Waals surface area contributed by atoms with Crippen LogP contribution in [0.25, 0.3) is 0 Å². The molecule has 0 aromatic heterocycles. The lowest BCUT2D eigenvalue weighted by Gasteiger charge is -2.47. The van der Waals surface area contributed by atoms with Crippen molar-refractivity contribution in [3.05, 3.63) is 59.7 Å². The first-order valence-electron chi connectivity index (χ1n) is 10.1. The average Bonchev–Trinajstić information content (AvgIpc) is 2.72. The second-order valence-corrected chi connectivity index (χ2v) is 7.90.